The van der Waals surface area contributed by atoms with Crippen molar-refractivity contribution in [1.82, 2.24) is 4.31 Å². The van der Waals surface area contributed by atoms with Crippen molar-refractivity contribution in [2.75, 3.05) is 20.3 Å². The summed E-state index contributed by atoms with van der Waals surface area (Å²) < 4.78 is 32.6. The zero-order chi connectivity index (χ0) is 16.9. The van der Waals surface area contributed by atoms with Gasteiger partial charge in [-0.05, 0) is 50.8 Å². The lowest BCUT2D eigenvalue weighted by molar-refractivity contribution is 0.156. The summed E-state index contributed by atoms with van der Waals surface area (Å²) in [5, 5.41) is 9.49. The quantitative estimate of drug-likeness (QED) is 0.601. The van der Waals surface area contributed by atoms with E-state index in [0.717, 1.165) is 12.8 Å². The molecule has 0 aliphatic carbocycles. The number of nitrogens with zero attached hydrogens (tertiary/aromatic N) is 1. The Bertz CT molecular complexity index is 575. The number of sulfonamides is 1. The summed E-state index contributed by atoms with van der Waals surface area (Å²) in [5.74, 6) is 0.629. The van der Waals surface area contributed by atoms with E-state index in [4.69, 9.17) is 4.74 Å². The van der Waals surface area contributed by atoms with Gasteiger partial charge in [0.05, 0.1) is 24.4 Å². The summed E-state index contributed by atoms with van der Waals surface area (Å²) in [5.41, 5.74) is 1.08. The topological polar surface area (TPSA) is 66.8 Å². The van der Waals surface area contributed by atoms with Gasteiger partial charge in [0, 0.05) is 12.6 Å². The highest BCUT2D eigenvalue weighted by Gasteiger charge is 2.35. The van der Waals surface area contributed by atoms with E-state index in [2.05, 4.69) is 6.58 Å². The Morgan fingerprint density at radius 2 is 2.00 bits per heavy atom. The van der Waals surface area contributed by atoms with Gasteiger partial charge in [-0.25, -0.2) is 8.42 Å². The van der Waals surface area contributed by atoms with Gasteiger partial charge in [0.2, 0.25) is 10.0 Å². The number of aliphatic hydroxyl groups excluding tert-OH is 1. The highest BCUT2D eigenvalue weighted by Crippen LogP contribution is 2.30. The van der Waals surface area contributed by atoms with E-state index in [9.17, 15) is 13.5 Å². The Morgan fingerprint density at radius 1 is 1.36 bits per heavy atom. The van der Waals surface area contributed by atoms with Crippen molar-refractivity contribution in [3.05, 3.63) is 34.5 Å². The Kier molecular flexibility index (Phi) is 6.84. The van der Waals surface area contributed by atoms with Crippen LogP contribution < -0.4 is 0 Å². The molecule has 1 atom stereocenters. The van der Waals surface area contributed by atoms with Gasteiger partial charge in [-0.1, -0.05) is 13.0 Å². The van der Waals surface area contributed by atoms with Gasteiger partial charge in [-0.15, -0.1) is 0 Å². The lowest BCUT2D eigenvalue weighted by Crippen LogP contribution is -2.46. The number of allylic oxidation sites excluding steroid dienone is 4. The fourth-order valence-electron chi connectivity index (χ4n) is 2.78. The van der Waals surface area contributed by atoms with Crippen LogP contribution in [0.25, 0.3) is 0 Å². The van der Waals surface area contributed by atoms with Crippen LogP contribution >= 0.6 is 0 Å². The molecule has 0 aromatic rings. The number of rotatable bonds is 6. The van der Waals surface area contributed by atoms with Crippen molar-refractivity contribution in [3.8, 4) is 0 Å². The molecule has 0 aromatic carbocycles. The summed E-state index contributed by atoms with van der Waals surface area (Å²) in [7, 11) is -2.14. The highest BCUT2D eigenvalue weighted by molar-refractivity contribution is 7.93. The van der Waals surface area contributed by atoms with E-state index in [-0.39, 0.29) is 17.6 Å². The fourth-order valence-corrected chi connectivity index (χ4v) is 4.85. The molecule has 0 aromatic heterocycles. The summed E-state index contributed by atoms with van der Waals surface area (Å²) in [4.78, 5) is 0.212. The predicted octanol–water partition coefficient (Wildman–Crippen LogP) is 2.56. The van der Waals surface area contributed by atoms with Crippen molar-refractivity contribution in [2.24, 2.45) is 0 Å². The standard InChI is InChI=1S/C16H27NO4S/c1-12(2)16(13(3)10-14(4)21-5)22(19,20)17-9-7-6-8-15(17)11-18/h10,15,18H,1,6-9,11H2,2-5H3/b14-10+,16-13+/t15-/m0/s1. The third kappa shape index (κ3) is 4.21. The molecule has 1 heterocycles. The fraction of sp³-hybridized carbons (Fsp3) is 0.625. The van der Waals surface area contributed by atoms with Crippen LogP contribution in [-0.4, -0.2) is 44.1 Å². The van der Waals surface area contributed by atoms with E-state index < -0.39 is 10.0 Å². The number of aliphatic hydroxyl groups is 1. The van der Waals surface area contributed by atoms with Crippen LogP contribution in [0.5, 0.6) is 0 Å². The number of piperidine rings is 1. The molecule has 6 heteroatoms. The Morgan fingerprint density at radius 3 is 2.50 bits per heavy atom. The predicted molar refractivity (Wildman–Crippen MR) is 88.6 cm³/mol. The summed E-state index contributed by atoms with van der Waals surface area (Å²) in [6.45, 7) is 9.29. The molecule has 0 amide bonds. The third-order valence-corrected chi connectivity index (χ3v) is 6.12. The third-order valence-electron chi connectivity index (χ3n) is 3.84. The normalized spacial score (nSPS) is 22.2. The molecule has 1 saturated heterocycles. The van der Waals surface area contributed by atoms with Gasteiger partial charge < -0.3 is 9.84 Å². The number of methoxy groups -OCH3 is 1. The maximum atomic E-state index is 13.0. The molecule has 1 aliphatic heterocycles. The molecule has 1 rings (SSSR count). The molecule has 0 bridgehead atoms. The second-order valence-corrected chi connectivity index (χ2v) is 7.53. The molecule has 126 valence electrons. The molecule has 1 fully saturated rings. The second-order valence-electron chi connectivity index (χ2n) is 5.70. The van der Waals surface area contributed by atoms with E-state index >= 15 is 0 Å². The monoisotopic (exact) mass is 329 g/mol. The minimum Gasteiger partial charge on any atom is -0.501 e. The van der Waals surface area contributed by atoms with Crippen LogP contribution in [0.4, 0.5) is 0 Å². The first-order chi connectivity index (χ1) is 10.3. The average Bonchev–Trinajstić information content (AvgIpc) is 2.46. The van der Waals surface area contributed by atoms with Crippen molar-refractivity contribution in [3.63, 3.8) is 0 Å². The van der Waals surface area contributed by atoms with Gasteiger partial charge in [-0.3, -0.25) is 0 Å². The molecule has 0 unspecified atom stereocenters. The lowest BCUT2D eigenvalue weighted by Gasteiger charge is -2.34. The van der Waals surface area contributed by atoms with Gasteiger partial charge >= 0.3 is 0 Å². The summed E-state index contributed by atoms with van der Waals surface area (Å²) in [6, 6.07) is -0.353. The van der Waals surface area contributed by atoms with Crippen molar-refractivity contribution >= 4 is 10.0 Å². The van der Waals surface area contributed by atoms with Crippen LogP contribution in [0, 0.1) is 0 Å². The second kappa shape index (κ2) is 7.94. The van der Waals surface area contributed by atoms with Gasteiger partial charge in [-0.2, -0.15) is 4.31 Å². The lowest BCUT2D eigenvalue weighted by atomic mass is 10.1. The average molecular weight is 329 g/mol. The zero-order valence-electron chi connectivity index (χ0n) is 13.9. The van der Waals surface area contributed by atoms with Crippen LogP contribution in [0.2, 0.25) is 0 Å². The minimum atomic E-state index is -3.68. The van der Waals surface area contributed by atoms with Crippen LogP contribution in [0.3, 0.4) is 0 Å². The molecule has 5 nitrogen and oxygen atoms in total. The van der Waals surface area contributed by atoms with Gasteiger partial charge in [0.1, 0.15) is 0 Å². The first-order valence-electron chi connectivity index (χ1n) is 7.47. The maximum absolute atomic E-state index is 13.0. The zero-order valence-corrected chi connectivity index (χ0v) is 14.7. The molecule has 0 radical (unpaired) electrons. The maximum Gasteiger partial charge on any atom is 0.243 e. The van der Waals surface area contributed by atoms with E-state index in [1.165, 1.54) is 4.31 Å². The van der Waals surface area contributed by atoms with Crippen molar-refractivity contribution < 1.29 is 18.3 Å². The molecule has 0 spiro atoms. The summed E-state index contributed by atoms with van der Waals surface area (Å²) >= 11 is 0. The van der Waals surface area contributed by atoms with Crippen molar-refractivity contribution in [1.29, 1.82) is 0 Å². The smallest absolute Gasteiger partial charge is 0.243 e. The van der Waals surface area contributed by atoms with E-state index in [1.807, 2.05) is 0 Å². The van der Waals surface area contributed by atoms with Gasteiger partial charge in [0.15, 0.2) is 0 Å². The Labute approximate surface area is 134 Å². The minimum absolute atomic E-state index is 0.158. The molecule has 0 saturated carbocycles. The summed E-state index contributed by atoms with van der Waals surface area (Å²) in [6.07, 6.45) is 4.13. The largest absolute Gasteiger partial charge is 0.501 e. The number of hydrogen-bond donors (Lipinski definition) is 1. The van der Waals surface area contributed by atoms with Crippen molar-refractivity contribution in [2.45, 2.75) is 46.1 Å². The molecular weight excluding hydrogens is 302 g/mol. The first kappa shape index (κ1) is 18.9. The highest BCUT2D eigenvalue weighted by atomic mass is 32.2. The molecule has 1 N–H and O–H groups in total. The van der Waals surface area contributed by atoms with E-state index in [1.54, 1.807) is 34.0 Å². The molecule has 22 heavy (non-hydrogen) atoms. The molecule has 1 aliphatic rings. The van der Waals surface area contributed by atoms with Crippen LogP contribution in [0.1, 0.15) is 40.0 Å². The van der Waals surface area contributed by atoms with Crippen LogP contribution in [0.15, 0.2) is 34.5 Å². The first-order valence-corrected chi connectivity index (χ1v) is 8.91. The molecular formula is C16H27NO4S. The van der Waals surface area contributed by atoms with E-state index in [0.29, 0.717) is 29.9 Å². The Balaban J connectivity index is 3.35. The SMILES string of the molecule is C=C(C)/C(=C(C)\C=C(/C)OC)S(=O)(=O)N1CCCC[C@H]1CO. The van der Waals surface area contributed by atoms with Gasteiger partial charge in [0.25, 0.3) is 0 Å². The number of ether oxygens (including phenoxy) is 1. The Hall–Kier alpha value is -1.11. The number of hydrogen-bond acceptors (Lipinski definition) is 4. The van der Waals surface area contributed by atoms with Crippen LogP contribution in [-0.2, 0) is 14.8 Å².